The van der Waals surface area contributed by atoms with Gasteiger partial charge in [-0.15, -0.1) is 0 Å². The third kappa shape index (κ3) is 5.81. The Morgan fingerprint density at radius 2 is 1.73 bits per heavy atom. The SMILES string of the molecule is Cc1c(OCC(=O)OC2CCC3(C)C(=CCC4C3CCC3(C)C(C(C)CCCC(C)C)CCC43)C2)ccc2c1oc(=O)c1ccccc12. The second-order valence-corrected chi connectivity index (χ2v) is 16.9. The lowest BCUT2D eigenvalue weighted by Gasteiger charge is -2.58. The van der Waals surface area contributed by atoms with Crippen LogP contribution in [0.1, 0.15) is 111 Å². The molecule has 0 N–H and O–H groups in total. The number of carbonyl (C=O) groups is 1. The zero-order valence-electron chi connectivity index (χ0n) is 30.1. The van der Waals surface area contributed by atoms with Gasteiger partial charge in [0, 0.05) is 17.4 Å². The van der Waals surface area contributed by atoms with Crippen LogP contribution < -0.4 is 10.4 Å². The highest BCUT2D eigenvalue weighted by Gasteiger charge is 2.59. The monoisotopic (exact) mass is 652 g/mol. The summed E-state index contributed by atoms with van der Waals surface area (Å²) in [6.45, 7) is 14.2. The maximum absolute atomic E-state index is 13.1. The number of aryl methyl sites for hydroxylation is 1. The number of esters is 1. The molecule has 4 aliphatic rings. The molecule has 4 aliphatic carbocycles. The lowest BCUT2D eigenvalue weighted by molar-refractivity contribution is -0.153. The highest BCUT2D eigenvalue weighted by Crippen LogP contribution is 2.67. The molecule has 2 aromatic carbocycles. The van der Waals surface area contributed by atoms with Crippen LogP contribution in [0.5, 0.6) is 5.75 Å². The number of allylic oxidation sites excluding steroid dienone is 1. The van der Waals surface area contributed by atoms with Crippen LogP contribution in [0.15, 0.2) is 57.3 Å². The van der Waals surface area contributed by atoms with E-state index in [4.69, 9.17) is 13.9 Å². The predicted molar refractivity (Wildman–Crippen MR) is 193 cm³/mol. The van der Waals surface area contributed by atoms with Crippen molar-refractivity contribution < 1.29 is 18.7 Å². The second-order valence-electron chi connectivity index (χ2n) is 16.9. The van der Waals surface area contributed by atoms with Crippen molar-refractivity contribution in [3.05, 3.63) is 64.0 Å². The summed E-state index contributed by atoms with van der Waals surface area (Å²) in [5.74, 6) is 5.10. The van der Waals surface area contributed by atoms with Crippen molar-refractivity contribution in [3.8, 4) is 5.75 Å². The maximum atomic E-state index is 13.1. The van der Waals surface area contributed by atoms with Crippen LogP contribution in [0.3, 0.4) is 0 Å². The first kappa shape index (κ1) is 33.4. The molecule has 0 bridgehead atoms. The van der Waals surface area contributed by atoms with Crippen LogP contribution in [0.25, 0.3) is 21.7 Å². The summed E-state index contributed by atoms with van der Waals surface area (Å²) < 4.78 is 17.7. The van der Waals surface area contributed by atoms with Gasteiger partial charge in [0.15, 0.2) is 6.61 Å². The first-order chi connectivity index (χ1) is 23.0. The van der Waals surface area contributed by atoms with Crippen molar-refractivity contribution >= 4 is 27.7 Å². The van der Waals surface area contributed by atoms with Crippen LogP contribution >= 0.6 is 0 Å². The van der Waals surface area contributed by atoms with Gasteiger partial charge in [0.1, 0.15) is 17.4 Å². The Balaban J connectivity index is 0.974. The summed E-state index contributed by atoms with van der Waals surface area (Å²) in [7, 11) is 0. The second kappa shape index (κ2) is 13.0. The fourth-order valence-electron chi connectivity index (χ4n) is 11.3. The smallest absolute Gasteiger partial charge is 0.344 e. The van der Waals surface area contributed by atoms with E-state index >= 15 is 0 Å². The number of fused-ring (bicyclic) bond motifs is 8. The van der Waals surface area contributed by atoms with E-state index in [9.17, 15) is 9.59 Å². The molecule has 0 saturated heterocycles. The average Bonchev–Trinajstić information content (AvgIpc) is 3.42. The molecule has 258 valence electrons. The van der Waals surface area contributed by atoms with Gasteiger partial charge in [-0.2, -0.15) is 0 Å². The Kier molecular flexibility index (Phi) is 9.04. The Hall–Kier alpha value is -3.08. The van der Waals surface area contributed by atoms with Crippen LogP contribution in [-0.2, 0) is 9.53 Å². The van der Waals surface area contributed by atoms with E-state index in [1.807, 2.05) is 37.3 Å². The standard InChI is InChI=1S/C43H56O5/c1-26(2)10-9-11-27(3)35-17-18-36-34-15-14-29-24-30(20-22-42(29,5)37(34)21-23-43(35,36)6)47-39(44)25-46-38-19-16-32-31-12-7-8-13-33(31)41(45)48-40(32)28(38)4/h7-8,12-14,16,19,26-27,30,34-37H,9-11,15,17-18,20-25H2,1-6H3. The lowest BCUT2D eigenvalue weighted by Crippen LogP contribution is -2.51. The summed E-state index contributed by atoms with van der Waals surface area (Å²) in [5, 5.41) is 2.26. The van der Waals surface area contributed by atoms with E-state index < -0.39 is 0 Å². The quantitative estimate of drug-likeness (QED) is 0.0996. The highest BCUT2D eigenvalue weighted by atomic mass is 16.6. The molecule has 0 spiro atoms. The summed E-state index contributed by atoms with van der Waals surface area (Å²) in [6.07, 6.45) is 16.2. The van der Waals surface area contributed by atoms with E-state index in [0.29, 0.717) is 27.7 Å². The topological polar surface area (TPSA) is 65.7 Å². The van der Waals surface area contributed by atoms with Gasteiger partial charge in [0.05, 0.1) is 5.39 Å². The van der Waals surface area contributed by atoms with Crippen LogP contribution in [0.2, 0.25) is 0 Å². The fourth-order valence-corrected chi connectivity index (χ4v) is 11.3. The molecular weight excluding hydrogens is 596 g/mol. The highest BCUT2D eigenvalue weighted by molar-refractivity contribution is 6.05. The van der Waals surface area contributed by atoms with Crippen molar-refractivity contribution in [1.29, 1.82) is 0 Å². The molecule has 5 heteroatoms. The Bertz CT molecular complexity index is 1770. The Morgan fingerprint density at radius 3 is 2.52 bits per heavy atom. The van der Waals surface area contributed by atoms with E-state index in [-0.39, 0.29) is 29.7 Å². The minimum Gasteiger partial charge on any atom is -0.481 e. The summed E-state index contributed by atoms with van der Waals surface area (Å²) in [5.41, 5.74) is 3.07. The minimum absolute atomic E-state index is 0.101. The molecular formula is C43H56O5. The van der Waals surface area contributed by atoms with Crippen molar-refractivity contribution in [3.63, 3.8) is 0 Å². The normalized spacial score (nSPS) is 32.0. The fraction of sp³-hybridized carbons (Fsp3) is 0.628. The lowest BCUT2D eigenvalue weighted by atomic mass is 9.47. The number of hydrogen-bond donors (Lipinski definition) is 0. The Morgan fingerprint density at radius 1 is 0.938 bits per heavy atom. The van der Waals surface area contributed by atoms with Crippen LogP contribution in [0, 0.1) is 53.3 Å². The van der Waals surface area contributed by atoms with E-state index in [1.54, 1.807) is 6.07 Å². The van der Waals surface area contributed by atoms with E-state index in [1.165, 1.54) is 56.9 Å². The molecule has 3 saturated carbocycles. The molecule has 48 heavy (non-hydrogen) atoms. The van der Waals surface area contributed by atoms with Gasteiger partial charge in [0.25, 0.3) is 0 Å². The predicted octanol–water partition coefficient (Wildman–Crippen LogP) is 10.6. The zero-order valence-corrected chi connectivity index (χ0v) is 30.1. The molecule has 8 atom stereocenters. The summed E-state index contributed by atoms with van der Waals surface area (Å²) >= 11 is 0. The van der Waals surface area contributed by atoms with Gasteiger partial charge in [-0.3, -0.25) is 0 Å². The number of hydrogen-bond acceptors (Lipinski definition) is 5. The van der Waals surface area contributed by atoms with Gasteiger partial charge < -0.3 is 13.9 Å². The molecule has 3 aromatic rings. The number of rotatable bonds is 9. The Labute approximate surface area is 286 Å². The van der Waals surface area contributed by atoms with Crippen molar-refractivity contribution in [1.82, 2.24) is 0 Å². The molecule has 0 radical (unpaired) electrons. The van der Waals surface area contributed by atoms with Crippen LogP contribution in [0.4, 0.5) is 0 Å². The molecule has 1 aromatic heterocycles. The van der Waals surface area contributed by atoms with Crippen molar-refractivity contribution in [2.45, 2.75) is 118 Å². The minimum atomic E-state index is -0.373. The van der Waals surface area contributed by atoms with Gasteiger partial charge in [-0.25, -0.2) is 9.59 Å². The molecule has 8 unspecified atom stereocenters. The van der Waals surface area contributed by atoms with Gasteiger partial charge in [-0.05, 0) is 122 Å². The van der Waals surface area contributed by atoms with Gasteiger partial charge >= 0.3 is 11.6 Å². The number of ether oxygens (including phenoxy) is 2. The molecule has 0 amide bonds. The molecule has 0 aliphatic heterocycles. The largest absolute Gasteiger partial charge is 0.481 e. The third-order valence-corrected chi connectivity index (χ3v) is 13.9. The van der Waals surface area contributed by atoms with Gasteiger partial charge in [-0.1, -0.05) is 83.7 Å². The zero-order chi connectivity index (χ0) is 33.8. The number of benzene rings is 2. The first-order valence-corrected chi connectivity index (χ1v) is 19.0. The molecule has 3 fully saturated rings. The third-order valence-electron chi connectivity index (χ3n) is 13.9. The molecule has 1 heterocycles. The molecule has 5 nitrogen and oxygen atoms in total. The number of carbonyl (C=O) groups excluding carboxylic acids is 1. The first-order valence-electron chi connectivity index (χ1n) is 19.0. The van der Waals surface area contributed by atoms with Crippen LogP contribution in [-0.4, -0.2) is 18.7 Å². The summed E-state index contributed by atoms with van der Waals surface area (Å²) in [4.78, 5) is 25.7. The van der Waals surface area contributed by atoms with Crippen molar-refractivity contribution in [2.75, 3.05) is 6.61 Å². The summed E-state index contributed by atoms with van der Waals surface area (Å²) in [6, 6.07) is 11.2. The van der Waals surface area contributed by atoms with E-state index in [0.717, 1.165) is 65.5 Å². The van der Waals surface area contributed by atoms with Gasteiger partial charge in [0.2, 0.25) is 0 Å². The van der Waals surface area contributed by atoms with Crippen molar-refractivity contribution in [2.24, 2.45) is 46.3 Å². The molecule has 7 rings (SSSR count). The average molecular weight is 653 g/mol. The van der Waals surface area contributed by atoms with E-state index in [2.05, 4.69) is 40.7 Å². The maximum Gasteiger partial charge on any atom is 0.344 e.